The van der Waals surface area contributed by atoms with E-state index in [0.717, 1.165) is 250 Å². The lowest BCUT2D eigenvalue weighted by Gasteiger charge is -2.22. The number of carbonyl (C=O) groups is 6. The highest BCUT2D eigenvalue weighted by Gasteiger charge is 2.19. The van der Waals surface area contributed by atoms with Crippen molar-refractivity contribution in [2.24, 2.45) is 5.92 Å². The van der Waals surface area contributed by atoms with Crippen LogP contribution >= 0.6 is 23.5 Å². The molecule has 0 aliphatic carbocycles. The van der Waals surface area contributed by atoms with Crippen LogP contribution in [0.1, 0.15) is 369 Å². The van der Waals surface area contributed by atoms with Gasteiger partial charge in [-0.05, 0) is 163 Å². The molecule has 0 spiro atoms. The Morgan fingerprint density at radius 3 is 0.940 bits per heavy atom. The maximum absolute atomic E-state index is 13.3. The van der Waals surface area contributed by atoms with Crippen LogP contribution in [0.25, 0.3) is 0 Å². The summed E-state index contributed by atoms with van der Waals surface area (Å²) < 4.78 is 23.0. The molecular weight excluding hydrogens is 1290 g/mol. The summed E-state index contributed by atoms with van der Waals surface area (Å²) in [6.07, 6.45) is 62.3. The Labute approximate surface area is 624 Å². The maximum Gasteiger partial charge on any atom is 0.306 e. The van der Waals surface area contributed by atoms with E-state index in [1.165, 1.54) is 133 Å². The van der Waals surface area contributed by atoms with Crippen molar-refractivity contribution >= 4 is 57.9 Å². The van der Waals surface area contributed by atoms with Gasteiger partial charge in [-0.25, -0.2) is 0 Å². The molecule has 0 radical (unpaired) electrons. The molecule has 0 aromatic heterocycles. The van der Waals surface area contributed by atoms with Crippen LogP contribution in [0, 0.1) is 5.92 Å². The predicted molar refractivity (Wildman–Crippen MR) is 428 cm³/mol. The quantitative estimate of drug-likeness (QED) is 0.0246. The molecule has 586 valence electrons. The number of unbranched alkanes of at least 4 members (excludes halogenated alkanes) is 32. The number of nitrogens with zero attached hydrogens (tertiary/aromatic N) is 4. The van der Waals surface area contributed by atoms with Gasteiger partial charge in [-0.15, -0.1) is 0 Å². The minimum Gasteiger partial charge on any atom is -0.462 e. The highest BCUT2D eigenvalue weighted by molar-refractivity contribution is 8.13. The van der Waals surface area contributed by atoms with Crippen LogP contribution in [0.5, 0.6) is 0 Å². The van der Waals surface area contributed by atoms with Crippen molar-refractivity contribution in [3.63, 3.8) is 0 Å². The van der Waals surface area contributed by atoms with Gasteiger partial charge in [0.2, 0.25) is 0 Å². The third-order valence-electron chi connectivity index (χ3n) is 19.0. The predicted octanol–water partition coefficient (Wildman–Crippen LogP) is 23.4. The van der Waals surface area contributed by atoms with Crippen LogP contribution in [-0.2, 0) is 38.1 Å². The molecule has 0 aliphatic heterocycles. The first-order chi connectivity index (χ1) is 48.6. The summed E-state index contributed by atoms with van der Waals surface area (Å²) in [6.45, 7) is 16.8. The number of esters is 4. The largest absolute Gasteiger partial charge is 0.462 e. The zero-order chi connectivity index (χ0) is 73.4. The summed E-state index contributed by atoms with van der Waals surface area (Å²) in [7, 11) is 8.16. The summed E-state index contributed by atoms with van der Waals surface area (Å²) in [5.74, 6) is 1.98. The number of ether oxygens (including phenoxy) is 4. The van der Waals surface area contributed by atoms with Gasteiger partial charge in [0.05, 0.1) is 0 Å². The van der Waals surface area contributed by atoms with Gasteiger partial charge in [-0.1, -0.05) is 262 Å². The zero-order valence-corrected chi connectivity index (χ0v) is 68.2. The van der Waals surface area contributed by atoms with Crippen LogP contribution in [0.4, 0.5) is 9.59 Å². The molecule has 0 fully saturated rings. The molecule has 0 N–H and O–H groups in total. The smallest absolute Gasteiger partial charge is 0.306 e. The minimum atomic E-state index is -0.124. The van der Waals surface area contributed by atoms with Crippen molar-refractivity contribution in [3.05, 3.63) is 24.3 Å². The molecule has 0 aromatic rings. The number of amides is 2. The number of thioether (sulfide) groups is 2. The van der Waals surface area contributed by atoms with Crippen molar-refractivity contribution in [2.45, 2.75) is 381 Å². The van der Waals surface area contributed by atoms with Crippen LogP contribution in [0.15, 0.2) is 24.3 Å². The molecule has 0 bridgehead atoms. The Hall–Kier alpha value is -3.08. The van der Waals surface area contributed by atoms with Gasteiger partial charge in [-0.2, -0.15) is 0 Å². The zero-order valence-electron chi connectivity index (χ0n) is 66.6. The van der Waals surface area contributed by atoms with Crippen molar-refractivity contribution in [3.8, 4) is 0 Å². The molecule has 16 heteroatoms. The molecule has 0 aliphatic rings. The number of hydrogen-bond donors (Lipinski definition) is 0. The van der Waals surface area contributed by atoms with Gasteiger partial charge >= 0.3 is 23.9 Å². The monoisotopic (exact) mass is 1450 g/mol. The Kier molecular flexibility index (Phi) is 71.9. The lowest BCUT2D eigenvalue weighted by atomic mass is 9.96. The molecule has 0 saturated carbocycles. The molecule has 0 rings (SSSR count). The fraction of sp³-hybridized carbons (Fsp3) is 0.881. The maximum atomic E-state index is 13.3. The highest BCUT2D eigenvalue weighted by atomic mass is 32.2. The van der Waals surface area contributed by atoms with Crippen LogP contribution < -0.4 is 0 Å². The number of allylic oxidation sites excluding steroid dienone is 2. The topological polar surface area (TPSA) is 152 Å². The second kappa shape index (κ2) is 74.2. The normalized spacial score (nSPS) is 12.4. The van der Waals surface area contributed by atoms with E-state index >= 15 is 0 Å². The van der Waals surface area contributed by atoms with E-state index < -0.39 is 0 Å². The van der Waals surface area contributed by atoms with Gasteiger partial charge in [0.25, 0.3) is 10.5 Å². The fourth-order valence-corrected chi connectivity index (χ4v) is 14.5. The molecule has 2 amide bonds. The highest BCUT2D eigenvalue weighted by Crippen LogP contribution is 2.23. The van der Waals surface area contributed by atoms with E-state index in [-0.39, 0.29) is 46.6 Å². The van der Waals surface area contributed by atoms with E-state index in [1.807, 2.05) is 40.3 Å². The second-order valence-corrected chi connectivity index (χ2v) is 31.6. The van der Waals surface area contributed by atoms with Crippen molar-refractivity contribution < 1.29 is 47.7 Å². The average molecular weight is 1450 g/mol. The van der Waals surface area contributed by atoms with Gasteiger partial charge in [0, 0.05) is 76.5 Å². The fourth-order valence-electron chi connectivity index (χ4n) is 12.5. The summed E-state index contributed by atoms with van der Waals surface area (Å²) >= 11 is 2.86. The molecule has 0 aromatic carbocycles. The van der Waals surface area contributed by atoms with E-state index in [4.69, 9.17) is 18.9 Å². The van der Waals surface area contributed by atoms with E-state index in [9.17, 15) is 28.8 Å². The van der Waals surface area contributed by atoms with Gasteiger partial charge in [-0.3, -0.25) is 28.8 Å². The molecule has 14 nitrogen and oxygen atoms in total. The lowest BCUT2D eigenvalue weighted by molar-refractivity contribution is -0.151. The Bertz CT molecular complexity index is 1950. The third-order valence-corrected chi connectivity index (χ3v) is 20.8. The van der Waals surface area contributed by atoms with Crippen LogP contribution in [-0.4, -0.2) is 158 Å². The first-order valence-electron chi connectivity index (χ1n) is 41.8. The summed E-state index contributed by atoms with van der Waals surface area (Å²) in [4.78, 5) is 85.2. The Morgan fingerprint density at radius 1 is 0.310 bits per heavy atom. The first kappa shape index (κ1) is 96.9. The Morgan fingerprint density at radius 2 is 0.580 bits per heavy atom. The van der Waals surface area contributed by atoms with Crippen LogP contribution in [0.2, 0.25) is 0 Å². The van der Waals surface area contributed by atoms with Crippen molar-refractivity contribution in [2.75, 3.05) is 92.2 Å². The lowest BCUT2D eigenvalue weighted by Crippen LogP contribution is -2.30. The van der Waals surface area contributed by atoms with Crippen LogP contribution in [0.3, 0.4) is 0 Å². The van der Waals surface area contributed by atoms with Crippen molar-refractivity contribution in [1.29, 1.82) is 0 Å². The summed E-state index contributed by atoms with van der Waals surface area (Å²) in [5, 5.41) is 0.357. The standard InChI is InChI=1S/C84H158N4O10S2/c1-10-14-18-20-21-38-54-72-95-79(89)62-46-28-22-34-50-66-88(84(94)100-75-71-86(8)9)69-53-37-25-31-49-65-82(92)98-78(60-44-19-15-11-2)61-45-33-32-43-57-76(5)56-42-27-26-39-55-73-96-80(90)63-47-29-23-35-51-67-87(83(93)99-74-70-85(6)7)68-52-36-24-30-48-64-81(91)97-77(58-40-16-12-3)59-41-17-13-4/h38-39,54-55,76-78H,10-37,40-53,56-75H2,1-9H3/b54-38-,55-39-. The molecular formula is C84H158N4O10S2. The molecule has 100 heavy (non-hydrogen) atoms. The minimum absolute atomic E-state index is 0.0288. The number of carbonyl (C=O) groups excluding carboxylic acids is 6. The number of hydrogen-bond acceptors (Lipinski definition) is 14. The summed E-state index contributed by atoms with van der Waals surface area (Å²) in [6, 6.07) is 0. The van der Waals surface area contributed by atoms with E-state index in [1.54, 1.807) is 0 Å². The number of rotatable bonds is 74. The summed E-state index contributed by atoms with van der Waals surface area (Å²) in [5.41, 5.74) is 0. The third kappa shape index (κ3) is 68.1. The van der Waals surface area contributed by atoms with Crippen molar-refractivity contribution in [1.82, 2.24) is 19.6 Å². The van der Waals surface area contributed by atoms with E-state index in [0.29, 0.717) is 44.8 Å². The van der Waals surface area contributed by atoms with Gasteiger partial charge < -0.3 is 38.5 Å². The van der Waals surface area contributed by atoms with Gasteiger partial charge in [0.1, 0.15) is 25.4 Å². The van der Waals surface area contributed by atoms with Gasteiger partial charge in [0.15, 0.2) is 0 Å². The second-order valence-electron chi connectivity index (χ2n) is 29.5. The average Bonchev–Trinajstić information content (AvgIpc) is 1.39. The Balaban J connectivity index is 4.39. The van der Waals surface area contributed by atoms with E-state index in [2.05, 4.69) is 66.4 Å². The molecule has 0 heterocycles. The SMILES string of the molecule is CCCCCC/C=C\COC(=O)CCCCCCCN(CCCCCCCC(=O)OC(CCCCCC)CCCCCCC(C)CCCC/C=C\COC(=O)CCCCCCCN(CCCCCCCC(=O)OC(CCCCC)CCCCC)C(=O)SCCN(C)C)C(=O)SCCN(C)C. The first-order valence-corrected chi connectivity index (χ1v) is 43.7. The molecule has 0 saturated heterocycles. The molecule has 2 unspecified atom stereocenters. The molecule has 2 atom stereocenters.